The summed E-state index contributed by atoms with van der Waals surface area (Å²) in [6, 6.07) is 2.34. The maximum Gasteiger partial charge on any atom is 0.0596 e. The topological polar surface area (TPSA) is 59.1 Å². The molecule has 0 fully saturated rings. The maximum atomic E-state index is 5.85. The number of hydrogen-bond donors (Lipinski definition) is 2. The molecule has 0 saturated carbocycles. The van der Waals surface area contributed by atoms with E-state index in [1.807, 2.05) is 6.92 Å². The highest BCUT2D eigenvalue weighted by molar-refractivity contribution is 5.12. The molecular weight excluding hydrogens is 250 g/mol. The first-order valence-electron chi connectivity index (χ1n) is 7.65. The predicted molar refractivity (Wildman–Crippen MR) is 84.5 cm³/mol. The van der Waals surface area contributed by atoms with E-state index in [0.29, 0.717) is 0 Å². The van der Waals surface area contributed by atoms with Gasteiger partial charge in [-0.05, 0) is 46.9 Å². The Balaban J connectivity index is 2.95. The van der Waals surface area contributed by atoms with Crippen LogP contribution in [0.2, 0.25) is 0 Å². The minimum absolute atomic E-state index is 0.00496. The van der Waals surface area contributed by atoms with Gasteiger partial charge in [-0.25, -0.2) is 0 Å². The molecule has 0 aliphatic heterocycles. The molecule has 5 nitrogen and oxygen atoms in total. The summed E-state index contributed by atoms with van der Waals surface area (Å²) in [6.07, 6.45) is 0.884. The number of likely N-dealkylation sites (N-methyl/N-ethyl adjacent to an activating group) is 1. The first-order valence-corrected chi connectivity index (χ1v) is 7.65. The van der Waals surface area contributed by atoms with E-state index in [4.69, 9.17) is 5.84 Å². The molecule has 0 aliphatic carbocycles. The van der Waals surface area contributed by atoms with Crippen LogP contribution in [0.25, 0.3) is 0 Å². The van der Waals surface area contributed by atoms with Crippen molar-refractivity contribution in [1.29, 1.82) is 0 Å². The molecule has 0 bridgehead atoms. The number of aryl methyl sites for hydroxylation is 2. The number of aromatic nitrogens is 2. The minimum Gasteiger partial charge on any atom is -0.297 e. The fraction of sp³-hybridized carbons (Fsp3) is 0.800. The molecule has 0 aromatic carbocycles. The second-order valence-electron chi connectivity index (χ2n) is 5.84. The fourth-order valence-corrected chi connectivity index (χ4v) is 3.02. The number of nitrogens with zero attached hydrogens (tertiary/aromatic N) is 3. The van der Waals surface area contributed by atoms with Crippen LogP contribution in [0.3, 0.4) is 0 Å². The lowest BCUT2D eigenvalue weighted by atomic mass is 9.89. The molecular formula is C15H31N5. The third kappa shape index (κ3) is 3.59. The summed E-state index contributed by atoms with van der Waals surface area (Å²) in [5.74, 6) is 5.85. The summed E-state index contributed by atoms with van der Waals surface area (Å²) < 4.78 is 2.07. The lowest BCUT2D eigenvalue weighted by Gasteiger charge is -2.43. The molecule has 1 aromatic rings. The molecule has 1 aromatic heterocycles. The average molecular weight is 281 g/mol. The zero-order chi connectivity index (χ0) is 15.3. The molecule has 0 amide bonds. The van der Waals surface area contributed by atoms with E-state index >= 15 is 0 Å². The van der Waals surface area contributed by atoms with E-state index in [-0.39, 0.29) is 11.6 Å². The minimum atomic E-state index is -0.00496. The molecule has 116 valence electrons. The molecule has 0 spiro atoms. The van der Waals surface area contributed by atoms with Gasteiger partial charge in [0.15, 0.2) is 0 Å². The van der Waals surface area contributed by atoms with Crippen LogP contribution in [0.15, 0.2) is 6.07 Å². The zero-order valence-corrected chi connectivity index (χ0v) is 13.9. The molecule has 1 atom stereocenters. The fourth-order valence-electron chi connectivity index (χ4n) is 3.02. The quantitative estimate of drug-likeness (QED) is 0.562. The summed E-state index contributed by atoms with van der Waals surface area (Å²) in [5.41, 5.74) is 5.32. The second-order valence-corrected chi connectivity index (χ2v) is 5.84. The highest BCUT2D eigenvalue weighted by Crippen LogP contribution is 2.22. The van der Waals surface area contributed by atoms with E-state index in [9.17, 15) is 0 Å². The molecule has 1 unspecified atom stereocenters. The second kappa shape index (κ2) is 7.20. The highest BCUT2D eigenvalue weighted by Gasteiger charge is 2.34. The number of rotatable bonds is 8. The lowest BCUT2D eigenvalue weighted by molar-refractivity contribution is 0.0903. The van der Waals surface area contributed by atoms with Gasteiger partial charge in [0.05, 0.1) is 5.69 Å². The largest absolute Gasteiger partial charge is 0.297 e. The van der Waals surface area contributed by atoms with E-state index in [2.05, 4.69) is 60.8 Å². The summed E-state index contributed by atoms with van der Waals surface area (Å²) in [5, 5.41) is 4.52. The lowest BCUT2D eigenvalue weighted by Crippen LogP contribution is -2.60. The third-order valence-corrected chi connectivity index (χ3v) is 4.33. The van der Waals surface area contributed by atoms with Crippen LogP contribution in [0.1, 0.15) is 46.0 Å². The maximum absolute atomic E-state index is 5.85. The van der Waals surface area contributed by atoms with Crippen LogP contribution in [0.4, 0.5) is 0 Å². The van der Waals surface area contributed by atoms with Gasteiger partial charge in [0.1, 0.15) is 0 Å². The zero-order valence-electron chi connectivity index (χ0n) is 13.9. The molecule has 1 rings (SSSR count). The van der Waals surface area contributed by atoms with Crippen LogP contribution in [0, 0.1) is 6.92 Å². The number of nitrogens with one attached hydrogen (secondary N) is 1. The van der Waals surface area contributed by atoms with Crippen LogP contribution in [0.5, 0.6) is 0 Å². The van der Waals surface area contributed by atoms with E-state index in [0.717, 1.165) is 31.7 Å². The van der Waals surface area contributed by atoms with Gasteiger partial charge in [0.2, 0.25) is 0 Å². The van der Waals surface area contributed by atoms with Gasteiger partial charge >= 0.3 is 0 Å². The Labute approximate surface area is 123 Å². The van der Waals surface area contributed by atoms with Gasteiger partial charge in [-0.3, -0.25) is 20.9 Å². The molecule has 0 saturated heterocycles. The normalized spacial score (nSPS) is 14.0. The smallest absolute Gasteiger partial charge is 0.0596 e. The van der Waals surface area contributed by atoms with Gasteiger partial charge in [0, 0.05) is 30.2 Å². The van der Waals surface area contributed by atoms with Crippen molar-refractivity contribution in [3.63, 3.8) is 0 Å². The van der Waals surface area contributed by atoms with Crippen molar-refractivity contribution in [3.8, 4) is 0 Å². The van der Waals surface area contributed by atoms with E-state index in [1.165, 1.54) is 5.69 Å². The summed E-state index contributed by atoms with van der Waals surface area (Å²) in [6.45, 7) is 16.0. The Bertz CT molecular complexity index is 406. The van der Waals surface area contributed by atoms with Crippen molar-refractivity contribution in [2.75, 3.05) is 13.1 Å². The van der Waals surface area contributed by atoms with Gasteiger partial charge in [-0.15, -0.1) is 0 Å². The molecule has 0 aliphatic rings. The predicted octanol–water partition coefficient (Wildman–Crippen LogP) is 1.71. The van der Waals surface area contributed by atoms with Gasteiger partial charge < -0.3 is 0 Å². The monoisotopic (exact) mass is 281 g/mol. The summed E-state index contributed by atoms with van der Waals surface area (Å²) in [4.78, 5) is 2.44. The van der Waals surface area contributed by atoms with E-state index in [1.54, 1.807) is 0 Å². The molecule has 1 heterocycles. The van der Waals surface area contributed by atoms with Crippen molar-refractivity contribution >= 4 is 0 Å². The van der Waals surface area contributed by atoms with Crippen LogP contribution < -0.4 is 11.3 Å². The average Bonchev–Trinajstić information content (AvgIpc) is 2.76. The summed E-state index contributed by atoms with van der Waals surface area (Å²) >= 11 is 0. The van der Waals surface area contributed by atoms with Crippen molar-refractivity contribution in [3.05, 3.63) is 17.5 Å². The SMILES string of the molecule is CCN(CC)C(C)(C)C(Cc1cc(C)nn1CC)NN. The van der Waals surface area contributed by atoms with Gasteiger partial charge in [0.25, 0.3) is 0 Å². The Kier molecular flexibility index (Phi) is 6.17. The number of hydrogen-bond acceptors (Lipinski definition) is 4. The molecule has 5 heteroatoms. The van der Waals surface area contributed by atoms with Crippen LogP contribution >= 0.6 is 0 Å². The van der Waals surface area contributed by atoms with Gasteiger partial charge in [-0.2, -0.15) is 5.10 Å². The molecule has 20 heavy (non-hydrogen) atoms. The summed E-state index contributed by atoms with van der Waals surface area (Å²) in [7, 11) is 0. The van der Waals surface area contributed by atoms with Crippen molar-refractivity contribution in [2.45, 2.75) is 66.1 Å². The van der Waals surface area contributed by atoms with Crippen molar-refractivity contribution in [2.24, 2.45) is 5.84 Å². The Morgan fingerprint density at radius 3 is 2.40 bits per heavy atom. The van der Waals surface area contributed by atoms with Crippen molar-refractivity contribution < 1.29 is 0 Å². The number of hydrazine groups is 1. The third-order valence-electron chi connectivity index (χ3n) is 4.33. The van der Waals surface area contributed by atoms with Crippen molar-refractivity contribution in [1.82, 2.24) is 20.1 Å². The Morgan fingerprint density at radius 2 is 1.95 bits per heavy atom. The van der Waals surface area contributed by atoms with E-state index < -0.39 is 0 Å². The highest BCUT2D eigenvalue weighted by atomic mass is 15.3. The first-order chi connectivity index (χ1) is 9.40. The first kappa shape index (κ1) is 17.1. The van der Waals surface area contributed by atoms with Crippen LogP contribution in [-0.4, -0.2) is 39.4 Å². The molecule has 0 radical (unpaired) electrons. The standard InChI is InChI=1S/C15H31N5/c1-7-19(8-2)15(5,6)14(17-16)11-13-10-12(4)18-20(13)9-3/h10,14,17H,7-9,11,16H2,1-6H3. The Hall–Kier alpha value is -0.910. The molecule has 3 N–H and O–H groups in total. The van der Waals surface area contributed by atoms with Crippen LogP contribution in [-0.2, 0) is 13.0 Å². The Morgan fingerprint density at radius 1 is 1.35 bits per heavy atom. The van der Waals surface area contributed by atoms with Gasteiger partial charge in [-0.1, -0.05) is 13.8 Å². The number of nitrogens with two attached hydrogens (primary N) is 1.